The number of carbonyl (C=O) groups is 1. The standard InChI is InChI=1S/C15H23N3O2S/c1-4-18(5-2)8-9-21-14-12(15(19)20)10(3)16-13(17-14)11-6-7-11/h11H,4-9H2,1-3H3,(H,19,20). The molecular weight excluding hydrogens is 286 g/mol. The summed E-state index contributed by atoms with van der Waals surface area (Å²) in [5.74, 6) is 1.18. The van der Waals surface area contributed by atoms with Gasteiger partial charge in [0.25, 0.3) is 0 Å². The largest absolute Gasteiger partial charge is 0.478 e. The average molecular weight is 309 g/mol. The molecule has 0 spiro atoms. The van der Waals surface area contributed by atoms with Gasteiger partial charge >= 0.3 is 5.97 Å². The summed E-state index contributed by atoms with van der Waals surface area (Å²) >= 11 is 1.53. The lowest BCUT2D eigenvalue weighted by Crippen LogP contribution is -2.25. The van der Waals surface area contributed by atoms with Crippen molar-refractivity contribution >= 4 is 17.7 Å². The molecule has 1 saturated carbocycles. The summed E-state index contributed by atoms with van der Waals surface area (Å²) in [4.78, 5) is 22.7. The Bertz CT molecular complexity index is 514. The van der Waals surface area contributed by atoms with Gasteiger partial charge in [0.15, 0.2) is 0 Å². The molecule has 6 heteroatoms. The molecule has 5 nitrogen and oxygen atoms in total. The Hall–Kier alpha value is -1.14. The second kappa shape index (κ2) is 7.22. The molecule has 21 heavy (non-hydrogen) atoms. The van der Waals surface area contributed by atoms with Crippen LogP contribution >= 0.6 is 11.8 Å². The molecule has 1 aromatic rings. The molecule has 0 radical (unpaired) electrons. The number of nitrogens with zero attached hydrogens (tertiary/aromatic N) is 3. The third-order valence-electron chi connectivity index (χ3n) is 3.77. The van der Waals surface area contributed by atoms with Crippen LogP contribution in [-0.2, 0) is 0 Å². The molecule has 1 aliphatic carbocycles. The molecule has 116 valence electrons. The van der Waals surface area contributed by atoms with Crippen LogP contribution in [0.3, 0.4) is 0 Å². The van der Waals surface area contributed by atoms with E-state index in [-0.39, 0.29) is 5.56 Å². The third-order valence-corrected chi connectivity index (χ3v) is 4.73. The van der Waals surface area contributed by atoms with Crippen LogP contribution in [0.25, 0.3) is 0 Å². The van der Waals surface area contributed by atoms with Gasteiger partial charge in [-0.25, -0.2) is 14.8 Å². The van der Waals surface area contributed by atoms with Gasteiger partial charge < -0.3 is 10.0 Å². The van der Waals surface area contributed by atoms with Gasteiger partial charge in [-0.3, -0.25) is 0 Å². The number of carboxylic acids is 1. The number of carboxylic acid groups (broad SMARTS) is 1. The molecule has 1 aliphatic rings. The SMILES string of the molecule is CCN(CC)CCSc1nc(C2CC2)nc(C)c1C(=O)O. The van der Waals surface area contributed by atoms with E-state index >= 15 is 0 Å². The molecule has 1 N–H and O–H groups in total. The predicted molar refractivity (Wildman–Crippen MR) is 84.2 cm³/mol. The molecule has 2 rings (SSSR count). The minimum Gasteiger partial charge on any atom is -0.478 e. The highest BCUT2D eigenvalue weighted by Gasteiger charge is 2.29. The fourth-order valence-corrected chi connectivity index (χ4v) is 3.33. The number of hydrogen-bond donors (Lipinski definition) is 1. The minimum absolute atomic E-state index is 0.268. The van der Waals surface area contributed by atoms with Crippen LogP contribution in [0.4, 0.5) is 0 Å². The van der Waals surface area contributed by atoms with E-state index in [0.29, 0.717) is 16.6 Å². The zero-order chi connectivity index (χ0) is 15.4. The van der Waals surface area contributed by atoms with Gasteiger partial charge in [0, 0.05) is 18.2 Å². The van der Waals surface area contributed by atoms with Crippen molar-refractivity contribution in [3.8, 4) is 0 Å². The number of hydrogen-bond acceptors (Lipinski definition) is 5. The van der Waals surface area contributed by atoms with Crippen molar-refractivity contribution in [2.75, 3.05) is 25.4 Å². The maximum atomic E-state index is 11.4. The Labute approximate surface area is 130 Å². The smallest absolute Gasteiger partial charge is 0.340 e. The van der Waals surface area contributed by atoms with Gasteiger partial charge in [0.2, 0.25) is 0 Å². The molecule has 0 aliphatic heterocycles. The molecular formula is C15H23N3O2S. The van der Waals surface area contributed by atoms with Gasteiger partial charge in [0.1, 0.15) is 16.4 Å². The summed E-state index contributed by atoms with van der Waals surface area (Å²) in [6.45, 7) is 9.01. The van der Waals surface area contributed by atoms with E-state index in [4.69, 9.17) is 0 Å². The Kier molecular flexibility index (Phi) is 5.58. The molecule has 0 atom stereocenters. The highest BCUT2D eigenvalue weighted by Crippen LogP contribution is 2.39. The number of aromatic nitrogens is 2. The lowest BCUT2D eigenvalue weighted by Gasteiger charge is -2.17. The average Bonchev–Trinajstić information content (AvgIpc) is 3.27. The van der Waals surface area contributed by atoms with Crippen molar-refractivity contribution in [3.05, 3.63) is 17.1 Å². The normalized spacial score (nSPS) is 14.7. The Morgan fingerprint density at radius 3 is 2.52 bits per heavy atom. The summed E-state index contributed by atoms with van der Waals surface area (Å²) in [6.07, 6.45) is 2.24. The first kappa shape index (κ1) is 16.2. The van der Waals surface area contributed by atoms with E-state index in [1.165, 1.54) is 11.8 Å². The summed E-state index contributed by atoms with van der Waals surface area (Å²) in [5, 5.41) is 10.0. The lowest BCUT2D eigenvalue weighted by atomic mass is 10.2. The van der Waals surface area contributed by atoms with Gasteiger partial charge in [-0.05, 0) is 32.9 Å². The molecule has 0 saturated heterocycles. The van der Waals surface area contributed by atoms with Crippen LogP contribution < -0.4 is 0 Å². The van der Waals surface area contributed by atoms with Crippen LogP contribution in [0.15, 0.2) is 5.03 Å². The molecule has 0 unspecified atom stereocenters. The topological polar surface area (TPSA) is 66.3 Å². The number of aryl methyl sites for hydroxylation is 1. The number of rotatable bonds is 8. The minimum atomic E-state index is -0.930. The van der Waals surface area contributed by atoms with E-state index in [2.05, 4.69) is 28.7 Å². The van der Waals surface area contributed by atoms with Crippen LogP contribution in [0.2, 0.25) is 0 Å². The summed E-state index contributed by atoms with van der Waals surface area (Å²) in [5.41, 5.74) is 0.855. The first-order valence-corrected chi connectivity index (χ1v) is 8.52. The highest BCUT2D eigenvalue weighted by molar-refractivity contribution is 7.99. The van der Waals surface area contributed by atoms with Gasteiger partial charge in [-0.1, -0.05) is 13.8 Å². The highest BCUT2D eigenvalue weighted by atomic mass is 32.2. The summed E-state index contributed by atoms with van der Waals surface area (Å²) in [7, 11) is 0. The summed E-state index contributed by atoms with van der Waals surface area (Å²) < 4.78 is 0. The molecule has 1 aromatic heterocycles. The van der Waals surface area contributed by atoms with Crippen molar-refractivity contribution in [1.29, 1.82) is 0 Å². The zero-order valence-corrected chi connectivity index (χ0v) is 13.7. The quantitative estimate of drug-likeness (QED) is 0.588. The second-order valence-electron chi connectivity index (χ2n) is 5.30. The van der Waals surface area contributed by atoms with Crippen molar-refractivity contribution in [3.63, 3.8) is 0 Å². The monoisotopic (exact) mass is 309 g/mol. The number of thioether (sulfide) groups is 1. The Morgan fingerprint density at radius 1 is 1.33 bits per heavy atom. The fourth-order valence-electron chi connectivity index (χ4n) is 2.25. The van der Waals surface area contributed by atoms with Crippen molar-refractivity contribution in [2.24, 2.45) is 0 Å². The zero-order valence-electron chi connectivity index (χ0n) is 12.9. The third kappa shape index (κ3) is 4.17. The van der Waals surface area contributed by atoms with Gasteiger partial charge in [-0.2, -0.15) is 0 Å². The molecule has 1 heterocycles. The van der Waals surface area contributed by atoms with Crippen LogP contribution in [0.1, 0.15) is 54.5 Å². The van der Waals surface area contributed by atoms with Crippen molar-refractivity contribution < 1.29 is 9.90 Å². The van der Waals surface area contributed by atoms with Gasteiger partial charge in [0.05, 0.1) is 5.69 Å². The van der Waals surface area contributed by atoms with Crippen LogP contribution in [-0.4, -0.2) is 51.3 Å². The van der Waals surface area contributed by atoms with E-state index in [1.54, 1.807) is 6.92 Å². The van der Waals surface area contributed by atoms with E-state index in [9.17, 15) is 9.90 Å². The first-order chi connectivity index (χ1) is 10.1. The Morgan fingerprint density at radius 2 is 2.00 bits per heavy atom. The van der Waals surface area contributed by atoms with Gasteiger partial charge in [-0.15, -0.1) is 11.8 Å². The number of aromatic carboxylic acids is 1. The molecule has 0 amide bonds. The van der Waals surface area contributed by atoms with Crippen molar-refractivity contribution in [1.82, 2.24) is 14.9 Å². The van der Waals surface area contributed by atoms with E-state index in [0.717, 1.165) is 44.1 Å². The lowest BCUT2D eigenvalue weighted by molar-refractivity contribution is 0.0690. The maximum absolute atomic E-state index is 11.4. The van der Waals surface area contributed by atoms with Crippen molar-refractivity contribution in [2.45, 2.75) is 44.6 Å². The molecule has 0 aromatic carbocycles. The predicted octanol–water partition coefficient (Wildman–Crippen LogP) is 2.79. The fraction of sp³-hybridized carbons (Fsp3) is 0.667. The van der Waals surface area contributed by atoms with E-state index < -0.39 is 5.97 Å². The van der Waals surface area contributed by atoms with E-state index in [1.807, 2.05) is 0 Å². The maximum Gasteiger partial charge on any atom is 0.340 e. The molecule has 0 bridgehead atoms. The molecule has 1 fully saturated rings. The summed E-state index contributed by atoms with van der Waals surface area (Å²) in [6, 6.07) is 0. The second-order valence-corrected chi connectivity index (χ2v) is 6.39. The first-order valence-electron chi connectivity index (χ1n) is 7.53. The van der Waals surface area contributed by atoms with Crippen LogP contribution in [0, 0.1) is 6.92 Å². The van der Waals surface area contributed by atoms with Crippen LogP contribution in [0.5, 0.6) is 0 Å². The Balaban J connectivity index is 2.13.